The highest BCUT2D eigenvalue weighted by Gasteiger charge is 2.17. The number of anilines is 1. The topological polar surface area (TPSA) is 97.6 Å². The largest absolute Gasteiger partial charge is 0.478 e. The number of carboxylic acid groups (broad SMARTS) is 1. The lowest BCUT2D eigenvalue weighted by Gasteiger charge is -2.11. The number of benzene rings is 2. The van der Waals surface area contributed by atoms with Crippen LogP contribution in [0.2, 0.25) is 0 Å². The summed E-state index contributed by atoms with van der Waals surface area (Å²) in [7, 11) is 1.34. The van der Waals surface area contributed by atoms with E-state index in [0.29, 0.717) is 16.8 Å². The smallest absolute Gasteiger partial charge is 0.337 e. The van der Waals surface area contributed by atoms with Gasteiger partial charge in [-0.2, -0.15) is 0 Å². The van der Waals surface area contributed by atoms with Crippen molar-refractivity contribution in [3.63, 3.8) is 0 Å². The molecule has 0 bridgehead atoms. The van der Waals surface area contributed by atoms with E-state index in [9.17, 15) is 14.4 Å². The normalized spacial score (nSPS) is 10.2. The number of aromatic carboxylic acids is 1. The van der Waals surface area contributed by atoms with Crippen molar-refractivity contribution in [2.75, 3.05) is 19.0 Å². The van der Waals surface area contributed by atoms with Crippen LogP contribution in [0.15, 0.2) is 54.6 Å². The van der Waals surface area contributed by atoms with Crippen LogP contribution in [0.25, 0.3) is 5.69 Å². The second kappa shape index (κ2) is 9.95. The van der Waals surface area contributed by atoms with Gasteiger partial charge < -0.3 is 19.7 Å². The Labute approximate surface area is 186 Å². The maximum absolute atomic E-state index is 12.8. The summed E-state index contributed by atoms with van der Waals surface area (Å²) in [4.78, 5) is 35.3. The Morgan fingerprint density at radius 3 is 2.10 bits per heavy atom. The lowest BCUT2D eigenvalue weighted by Crippen LogP contribution is -2.15. The fourth-order valence-corrected chi connectivity index (χ4v) is 3.32. The molecule has 0 aliphatic carbocycles. The number of ether oxygens (including phenoxy) is 1. The fraction of sp³-hybridized carbons (Fsp3) is 0.174. The van der Waals surface area contributed by atoms with Crippen LogP contribution in [0.5, 0.6) is 0 Å². The quantitative estimate of drug-likeness (QED) is 0.418. The minimum atomic E-state index is -0.996. The monoisotopic (exact) mass is 442 g/mol. The summed E-state index contributed by atoms with van der Waals surface area (Å²) in [6.07, 6.45) is 0. The third-order valence-corrected chi connectivity index (χ3v) is 4.86. The third kappa shape index (κ3) is 5.13. The highest BCUT2D eigenvalue weighted by Crippen LogP contribution is 2.22. The first-order valence-electron chi connectivity index (χ1n) is 9.30. The zero-order valence-electron chi connectivity index (χ0n) is 17.3. The minimum Gasteiger partial charge on any atom is -0.478 e. The lowest BCUT2D eigenvalue weighted by molar-refractivity contribution is 0.0599. The number of carbonyl (C=O) groups is 3. The van der Waals surface area contributed by atoms with E-state index in [4.69, 9.17) is 9.84 Å². The van der Waals surface area contributed by atoms with Crippen molar-refractivity contribution in [2.24, 2.45) is 0 Å². The molecule has 0 aliphatic heterocycles. The number of nitrogens with zero attached hydrogens (tertiary/aromatic N) is 1. The Morgan fingerprint density at radius 2 is 1.55 bits per heavy atom. The molecule has 2 aromatic carbocycles. The van der Waals surface area contributed by atoms with Crippen molar-refractivity contribution in [3.8, 4) is 5.69 Å². The van der Waals surface area contributed by atoms with Crippen LogP contribution >= 0.6 is 12.4 Å². The second-order valence-corrected chi connectivity index (χ2v) is 6.82. The number of hydrogen-bond acceptors (Lipinski definition) is 5. The number of esters is 1. The van der Waals surface area contributed by atoms with E-state index in [-0.39, 0.29) is 30.3 Å². The standard InChI is InChI=1S/C23H22N2O5.ClH/c1-14-12-20(21(26)13-24-18-8-4-16(5-9-18)22(27)28)15(2)25(14)19-10-6-17(7-11-19)23(29)30-3;/h4-12,24H,13H2,1-3H3,(H,27,28);1H. The number of aromatic nitrogens is 1. The van der Waals surface area contributed by atoms with Crippen molar-refractivity contribution in [3.05, 3.63) is 82.7 Å². The van der Waals surface area contributed by atoms with Gasteiger partial charge in [-0.3, -0.25) is 4.79 Å². The summed E-state index contributed by atoms with van der Waals surface area (Å²) in [5, 5.41) is 12.0. The molecule has 3 rings (SSSR count). The van der Waals surface area contributed by atoms with Gasteiger partial charge in [-0.15, -0.1) is 12.4 Å². The average Bonchev–Trinajstić information content (AvgIpc) is 3.05. The van der Waals surface area contributed by atoms with Crippen LogP contribution in [0.4, 0.5) is 5.69 Å². The van der Waals surface area contributed by atoms with Crippen LogP contribution in [-0.2, 0) is 4.74 Å². The summed E-state index contributed by atoms with van der Waals surface area (Å²) in [5.74, 6) is -1.48. The van der Waals surface area contributed by atoms with Crippen LogP contribution in [0.1, 0.15) is 42.5 Å². The maximum Gasteiger partial charge on any atom is 0.337 e. The summed E-state index contributed by atoms with van der Waals surface area (Å²) >= 11 is 0. The number of ketones is 1. The SMILES string of the molecule is COC(=O)c1ccc(-n2c(C)cc(C(=O)CNc3ccc(C(=O)O)cc3)c2C)cc1.Cl. The predicted molar refractivity (Wildman–Crippen MR) is 120 cm³/mol. The Bertz CT molecular complexity index is 1100. The molecule has 2 N–H and O–H groups in total. The van der Waals surface area contributed by atoms with Crippen LogP contribution < -0.4 is 5.32 Å². The van der Waals surface area contributed by atoms with Crippen LogP contribution in [0.3, 0.4) is 0 Å². The number of carbonyl (C=O) groups excluding carboxylic acids is 2. The van der Waals surface area contributed by atoms with Gasteiger partial charge in [-0.25, -0.2) is 9.59 Å². The first-order chi connectivity index (χ1) is 14.3. The van der Waals surface area contributed by atoms with Crippen molar-refractivity contribution in [2.45, 2.75) is 13.8 Å². The van der Waals surface area contributed by atoms with Gasteiger partial charge in [0.1, 0.15) is 0 Å². The van der Waals surface area contributed by atoms with Gasteiger partial charge >= 0.3 is 11.9 Å². The van der Waals surface area contributed by atoms with E-state index in [1.165, 1.54) is 19.2 Å². The van der Waals surface area contributed by atoms with E-state index in [1.807, 2.05) is 36.6 Å². The first-order valence-corrected chi connectivity index (χ1v) is 9.30. The molecule has 0 aliphatic rings. The molecule has 0 fully saturated rings. The molecular weight excluding hydrogens is 420 g/mol. The Morgan fingerprint density at radius 1 is 0.968 bits per heavy atom. The molecule has 0 saturated heterocycles. The van der Waals surface area contributed by atoms with E-state index < -0.39 is 11.9 Å². The average molecular weight is 443 g/mol. The molecule has 7 nitrogen and oxygen atoms in total. The molecule has 8 heteroatoms. The lowest BCUT2D eigenvalue weighted by atomic mass is 10.1. The molecule has 31 heavy (non-hydrogen) atoms. The second-order valence-electron chi connectivity index (χ2n) is 6.82. The summed E-state index contributed by atoms with van der Waals surface area (Å²) < 4.78 is 6.67. The third-order valence-electron chi connectivity index (χ3n) is 4.86. The first kappa shape index (κ1) is 23.7. The van der Waals surface area contributed by atoms with E-state index in [2.05, 4.69) is 5.32 Å². The summed E-state index contributed by atoms with van der Waals surface area (Å²) in [6, 6.07) is 15.0. The number of methoxy groups -OCH3 is 1. The molecular formula is C23H23ClN2O5. The number of hydrogen-bond donors (Lipinski definition) is 2. The number of nitrogens with one attached hydrogen (secondary N) is 1. The van der Waals surface area contributed by atoms with Crippen molar-refractivity contribution in [1.82, 2.24) is 4.57 Å². The molecule has 1 heterocycles. The molecule has 0 atom stereocenters. The van der Waals surface area contributed by atoms with Gasteiger partial charge in [0.05, 0.1) is 24.8 Å². The van der Waals surface area contributed by atoms with Crippen LogP contribution in [0, 0.1) is 13.8 Å². The molecule has 0 unspecified atom stereocenters. The van der Waals surface area contributed by atoms with Crippen molar-refractivity contribution >= 4 is 35.8 Å². The molecule has 1 aromatic heterocycles. The summed E-state index contributed by atoms with van der Waals surface area (Å²) in [5.41, 5.74) is 4.44. The van der Waals surface area contributed by atoms with Crippen molar-refractivity contribution in [1.29, 1.82) is 0 Å². The van der Waals surface area contributed by atoms with Gasteiger partial charge in [0.15, 0.2) is 5.78 Å². The van der Waals surface area contributed by atoms with Crippen molar-refractivity contribution < 1.29 is 24.2 Å². The molecule has 0 spiro atoms. The van der Waals surface area contributed by atoms with Gasteiger partial charge in [0.25, 0.3) is 0 Å². The number of carboxylic acids is 1. The van der Waals surface area contributed by atoms with E-state index in [0.717, 1.165) is 17.1 Å². The Balaban J connectivity index is 0.00000341. The Hall–Kier alpha value is -3.58. The zero-order valence-corrected chi connectivity index (χ0v) is 18.2. The van der Waals surface area contributed by atoms with Crippen LogP contribution in [-0.4, -0.2) is 41.1 Å². The number of Topliss-reactive ketones (excluding diaryl/α,β-unsaturated/α-hetero) is 1. The van der Waals surface area contributed by atoms with E-state index >= 15 is 0 Å². The number of aryl methyl sites for hydroxylation is 1. The maximum atomic E-state index is 12.8. The molecule has 0 saturated carbocycles. The van der Waals surface area contributed by atoms with Gasteiger partial charge in [-0.05, 0) is 68.4 Å². The van der Waals surface area contributed by atoms with Gasteiger partial charge in [-0.1, -0.05) is 0 Å². The molecule has 162 valence electrons. The highest BCUT2D eigenvalue weighted by atomic mass is 35.5. The minimum absolute atomic E-state index is 0. The van der Waals surface area contributed by atoms with E-state index in [1.54, 1.807) is 24.3 Å². The number of halogens is 1. The van der Waals surface area contributed by atoms with Gasteiger partial charge in [0.2, 0.25) is 0 Å². The molecule has 0 radical (unpaired) electrons. The fourth-order valence-electron chi connectivity index (χ4n) is 3.32. The van der Waals surface area contributed by atoms with Gasteiger partial charge in [0, 0.05) is 28.3 Å². The summed E-state index contributed by atoms with van der Waals surface area (Å²) in [6.45, 7) is 3.87. The zero-order chi connectivity index (χ0) is 21.8. The highest BCUT2D eigenvalue weighted by molar-refractivity contribution is 6.00. The molecule has 0 amide bonds. The predicted octanol–water partition coefficient (Wildman–Crippen LogP) is 4.30. The number of rotatable bonds is 7. The Kier molecular flexibility index (Phi) is 7.61. The molecule has 3 aromatic rings.